The van der Waals surface area contributed by atoms with E-state index in [9.17, 15) is 9.79 Å². The van der Waals surface area contributed by atoms with Gasteiger partial charge in [-0.15, -0.1) is 22.8 Å². The first-order chi connectivity index (χ1) is 12.2. The molecule has 0 aliphatic heterocycles. The van der Waals surface area contributed by atoms with Crippen LogP contribution in [0, 0.1) is 0 Å². The summed E-state index contributed by atoms with van der Waals surface area (Å²) in [5, 5.41) is 0. The second-order valence-electron chi connectivity index (χ2n) is 5.64. The first kappa shape index (κ1) is 34.0. The number of unbranched alkanes of at least 4 members (excludes halogenated alkanes) is 4. The van der Waals surface area contributed by atoms with E-state index in [1.54, 1.807) is 0 Å². The first-order valence-electron chi connectivity index (χ1n) is 9.44. The van der Waals surface area contributed by atoms with Crippen LogP contribution in [-0.2, 0) is 49.7 Å². The Kier molecular flexibility index (Phi) is 29.0. The van der Waals surface area contributed by atoms with Crippen molar-refractivity contribution in [2.75, 3.05) is 24.7 Å². The molecule has 169 valence electrons. The summed E-state index contributed by atoms with van der Waals surface area (Å²) in [6.45, 7) is 9.43. The Hall–Kier alpha value is 2.36. The van der Waals surface area contributed by atoms with Gasteiger partial charge in [0.05, 0.1) is 13.2 Å². The second-order valence-corrected chi connectivity index (χ2v) is 18.0. The largest absolute Gasteiger partial charge is 2.00 e. The van der Waals surface area contributed by atoms with Crippen LogP contribution in [-0.4, -0.2) is 24.7 Å². The molecule has 0 saturated carbocycles. The zero-order valence-electron chi connectivity index (χ0n) is 16.9. The molecule has 0 bridgehead atoms. The van der Waals surface area contributed by atoms with E-state index in [1.807, 2.05) is 0 Å². The van der Waals surface area contributed by atoms with Crippen molar-refractivity contribution < 1.29 is 35.9 Å². The first-order valence-corrected chi connectivity index (χ1v) is 17.9. The monoisotopic (exact) mass is 545 g/mol. The minimum atomic E-state index is -2.75. The Morgan fingerprint density at radius 2 is 0.963 bits per heavy atom. The van der Waals surface area contributed by atoms with Gasteiger partial charge in [-0.2, -0.15) is 0 Å². The fraction of sp³-hybridized carbons (Fsp3) is 1.00. The molecule has 0 aliphatic rings. The van der Waals surface area contributed by atoms with E-state index in [1.165, 1.54) is 22.8 Å². The number of hydrogen-bond acceptors (Lipinski definition) is 8. The summed E-state index contributed by atoms with van der Waals surface area (Å²) in [7, 11) is 0. The van der Waals surface area contributed by atoms with E-state index < -0.39 is 11.4 Å². The summed E-state index contributed by atoms with van der Waals surface area (Å²) in [5.74, 6) is 1.70. The maximum Gasteiger partial charge on any atom is 2.00 e. The molecular weight excluding hydrogens is 510 g/mol. The quantitative estimate of drug-likeness (QED) is 0.136. The molecule has 2 unspecified atom stereocenters. The maximum atomic E-state index is 11.5. The molecule has 27 heavy (non-hydrogen) atoms. The van der Waals surface area contributed by atoms with E-state index in [4.69, 9.17) is 32.7 Å². The fourth-order valence-corrected chi connectivity index (χ4v) is 8.29. The molecule has 0 rings (SSSR count). The number of hydrogen-bond donors (Lipinski definition) is 0. The summed E-state index contributed by atoms with van der Waals surface area (Å²) >= 11 is 12.3. The third-order valence-corrected chi connectivity index (χ3v) is 11.7. The van der Waals surface area contributed by atoms with Crippen molar-refractivity contribution in [3.63, 3.8) is 0 Å². The average molecular weight is 546 g/mol. The Balaban J connectivity index is -0.000000411. The number of rotatable bonds is 16. The van der Waals surface area contributed by atoms with Crippen LogP contribution in [0.15, 0.2) is 0 Å². The molecule has 0 heterocycles. The molecule has 1 radical (unpaired) electrons. The van der Waals surface area contributed by atoms with Crippen molar-refractivity contribution in [1.29, 1.82) is 0 Å². The van der Waals surface area contributed by atoms with Gasteiger partial charge in [0, 0.05) is 11.4 Å². The third kappa shape index (κ3) is 28.4. The van der Waals surface area contributed by atoms with Crippen LogP contribution in [0.1, 0.15) is 79.1 Å². The molecule has 2 atom stereocenters. The molecule has 0 N–H and O–H groups in total. The van der Waals surface area contributed by atoms with Crippen molar-refractivity contribution in [2.24, 2.45) is 0 Å². The van der Waals surface area contributed by atoms with E-state index in [0.29, 0.717) is 13.2 Å². The normalized spacial score (nSPS) is 15.0. The summed E-state index contributed by atoms with van der Waals surface area (Å²) < 4.78 is 10.3. The van der Waals surface area contributed by atoms with Gasteiger partial charge in [-0.05, 0) is 37.2 Å². The minimum Gasteiger partial charge on any atom is -0.793 e. The standard InChI is InChI=1S/2C8H19O2PS2.Cu/c2*1-3-5-7-10-11(9,12)13-8-6-4-2;/h2*3-8H2,1-2H3,(H,9,12);/q;;+2/p-2. The van der Waals surface area contributed by atoms with Crippen molar-refractivity contribution in [2.45, 2.75) is 79.1 Å². The Morgan fingerprint density at radius 3 is 1.22 bits per heavy atom. The molecular formula is C16H36CuO4P2S4. The van der Waals surface area contributed by atoms with Gasteiger partial charge in [0.2, 0.25) is 0 Å². The van der Waals surface area contributed by atoms with Gasteiger partial charge in [-0.25, -0.2) is 0 Å². The molecule has 0 fully saturated rings. The average Bonchev–Trinajstić information content (AvgIpc) is 2.56. The van der Waals surface area contributed by atoms with Crippen LogP contribution in [0.3, 0.4) is 0 Å². The van der Waals surface area contributed by atoms with Crippen LogP contribution in [0.25, 0.3) is 0 Å². The van der Waals surface area contributed by atoms with Crippen LogP contribution < -0.4 is 9.79 Å². The predicted molar refractivity (Wildman–Crippen MR) is 125 cm³/mol. The molecule has 4 nitrogen and oxygen atoms in total. The van der Waals surface area contributed by atoms with Crippen molar-refractivity contribution in [1.82, 2.24) is 0 Å². The van der Waals surface area contributed by atoms with Crippen molar-refractivity contribution in [3.8, 4) is 0 Å². The van der Waals surface area contributed by atoms with Gasteiger partial charge >= 0.3 is 17.1 Å². The van der Waals surface area contributed by atoms with E-state index in [0.717, 1.165) is 62.9 Å². The molecule has 0 saturated heterocycles. The summed E-state index contributed by atoms with van der Waals surface area (Å²) in [6, 6.07) is 0. The molecule has 0 aromatic carbocycles. The third-order valence-electron chi connectivity index (χ3n) is 2.99. The topological polar surface area (TPSA) is 64.6 Å². The molecule has 11 heteroatoms. The molecule has 0 aromatic heterocycles. The van der Waals surface area contributed by atoms with E-state index in [-0.39, 0.29) is 17.1 Å². The predicted octanol–water partition coefficient (Wildman–Crippen LogP) is 5.84. The summed E-state index contributed by atoms with van der Waals surface area (Å²) in [4.78, 5) is 23.0. The maximum absolute atomic E-state index is 11.5. The van der Waals surface area contributed by atoms with E-state index in [2.05, 4.69) is 27.7 Å². The van der Waals surface area contributed by atoms with Gasteiger partial charge in [0.1, 0.15) is 0 Å². The van der Waals surface area contributed by atoms with Crippen LogP contribution in [0.5, 0.6) is 0 Å². The van der Waals surface area contributed by atoms with Crippen molar-refractivity contribution in [3.05, 3.63) is 0 Å². The summed E-state index contributed by atoms with van der Waals surface area (Å²) in [6.07, 6.45) is 8.31. The van der Waals surface area contributed by atoms with Crippen LogP contribution in [0.2, 0.25) is 0 Å². The van der Waals surface area contributed by atoms with E-state index >= 15 is 0 Å². The second kappa shape index (κ2) is 23.0. The Bertz CT molecular complexity index is 343. The van der Waals surface area contributed by atoms with Gasteiger partial charge < -0.3 is 18.8 Å². The van der Waals surface area contributed by atoms with Gasteiger partial charge in [-0.3, -0.25) is 0 Å². The zero-order valence-corrected chi connectivity index (χ0v) is 22.9. The molecule has 0 spiro atoms. The minimum absolute atomic E-state index is 0. The van der Waals surface area contributed by atoms with Gasteiger partial charge in [0.15, 0.2) is 0 Å². The van der Waals surface area contributed by atoms with Gasteiger partial charge in [-0.1, -0.05) is 77.0 Å². The van der Waals surface area contributed by atoms with Crippen LogP contribution in [0.4, 0.5) is 0 Å². The molecule has 0 amide bonds. The molecule has 0 aliphatic carbocycles. The Labute approximate surface area is 196 Å². The Morgan fingerprint density at radius 1 is 0.667 bits per heavy atom. The smallest absolute Gasteiger partial charge is 0.793 e. The molecule has 0 aromatic rings. The van der Waals surface area contributed by atoms with Crippen LogP contribution >= 0.6 is 34.2 Å². The van der Waals surface area contributed by atoms with Gasteiger partial charge in [0.25, 0.3) is 0 Å². The fourth-order valence-electron chi connectivity index (χ4n) is 1.36. The summed E-state index contributed by atoms with van der Waals surface area (Å²) in [5.41, 5.74) is -5.50. The SMILES string of the molecule is CCCCOP([O-])(=S)SCCCC.CCCCOP([O-])(=S)SCCCC.[Cu+2]. The zero-order chi connectivity index (χ0) is 20.3. The van der Waals surface area contributed by atoms with Crippen molar-refractivity contribution >= 4 is 57.8 Å².